The molecule has 1 rings (SSSR count). The number of Topliss-reactive ketones (excluding diaryl/α,β-unsaturated/α-hetero) is 1. The van der Waals surface area contributed by atoms with Gasteiger partial charge in [0, 0.05) is 12.5 Å². The van der Waals surface area contributed by atoms with Gasteiger partial charge in [-0.3, -0.25) is 14.9 Å². The average Bonchev–Trinajstić information content (AvgIpc) is 2.19. The van der Waals surface area contributed by atoms with Crippen molar-refractivity contribution in [1.82, 2.24) is 0 Å². The highest BCUT2D eigenvalue weighted by Crippen LogP contribution is 2.22. The molecule has 0 radical (unpaired) electrons. The zero-order chi connectivity index (χ0) is 12.1. The van der Waals surface area contributed by atoms with Crippen molar-refractivity contribution in [3.63, 3.8) is 0 Å². The lowest BCUT2D eigenvalue weighted by atomic mass is 10.3. The van der Waals surface area contributed by atoms with Crippen LogP contribution in [0.4, 0.5) is 10.1 Å². The van der Waals surface area contributed by atoms with E-state index in [0.29, 0.717) is 0 Å². The number of ketones is 1. The summed E-state index contributed by atoms with van der Waals surface area (Å²) in [4.78, 5) is 20.2. The second-order valence-corrected chi connectivity index (χ2v) is 3.17. The molecular weight excluding hydrogens is 217 g/mol. The van der Waals surface area contributed by atoms with Crippen LogP contribution in [0.1, 0.15) is 13.3 Å². The number of non-ortho nitro benzene ring substituents is 1. The van der Waals surface area contributed by atoms with Crippen molar-refractivity contribution in [1.29, 1.82) is 0 Å². The molecule has 0 amide bonds. The third kappa shape index (κ3) is 3.30. The normalized spacial score (nSPS) is 9.88. The zero-order valence-corrected chi connectivity index (χ0v) is 8.60. The summed E-state index contributed by atoms with van der Waals surface area (Å²) in [5.74, 6) is -0.966. The van der Waals surface area contributed by atoms with Crippen molar-refractivity contribution in [2.45, 2.75) is 13.3 Å². The third-order valence-electron chi connectivity index (χ3n) is 1.84. The minimum absolute atomic E-state index is 0.0596. The molecule has 0 spiro atoms. The number of nitro groups is 1. The Hall–Kier alpha value is -1.98. The Bertz CT molecular complexity index is 419. The smallest absolute Gasteiger partial charge is 0.272 e. The van der Waals surface area contributed by atoms with E-state index in [-0.39, 0.29) is 30.2 Å². The summed E-state index contributed by atoms with van der Waals surface area (Å²) in [5.41, 5.74) is -0.337. The zero-order valence-electron chi connectivity index (χ0n) is 8.60. The fourth-order valence-corrected chi connectivity index (χ4v) is 1.03. The SMILES string of the molecule is CC(=O)CCOc1ccc([N+](=O)[O-])cc1F. The number of ether oxygens (including phenoxy) is 1. The fraction of sp³-hybridized carbons (Fsp3) is 0.300. The van der Waals surface area contributed by atoms with E-state index in [4.69, 9.17) is 4.74 Å². The van der Waals surface area contributed by atoms with Gasteiger partial charge in [0.25, 0.3) is 5.69 Å². The van der Waals surface area contributed by atoms with Gasteiger partial charge >= 0.3 is 0 Å². The van der Waals surface area contributed by atoms with Gasteiger partial charge in [-0.1, -0.05) is 0 Å². The Morgan fingerprint density at radius 3 is 2.75 bits per heavy atom. The largest absolute Gasteiger partial charge is 0.490 e. The van der Waals surface area contributed by atoms with E-state index in [1.165, 1.54) is 13.0 Å². The lowest BCUT2D eigenvalue weighted by molar-refractivity contribution is -0.385. The highest BCUT2D eigenvalue weighted by molar-refractivity contribution is 5.75. The van der Waals surface area contributed by atoms with E-state index in [1.54, 1.807) is 0 Å². The highest BCUT2D eigenvalue weighted by Gasteiger charge is 2.11. The molecule has 0 atom stereocenters. The summed E-state index contributed by atoms with van der Waals surface area (Å²) in [6, 6.07) is 3.10. The maximum atomic E-state index is 13.2. The number of benzene rings is 1. The van der Waals surface area contributed by atoms with Gasteiger partial charge in [-0.25, -0.2) is 4.39 Å². The van der Waals surface area contributed by atoms with Gasteiger partial charge in [-0.05, 0) is 13.0 Å². The topological polar surface area (TPSA) is 69.4 Å². The molecule has 1 aromatic rings. The molecule has 0 aliphatic rings. The summed E-state index contributed by atoms with van der Waals surface area (Å²) in [6.07, 6.45) is 0.177. The lowest BCUT2D eigenvalue weighted by Crippen LogP contribution is -2.04. The van der Waals surface area contributed by atoms with Crippen LogP contribution >= 0.6 is 0 Å². The predicted octanol–water partition coefficient (Wildman–Crippen LogP) is 2.09. The van der Waals surface area contributed by atoms with E-state index >= 15 is 0 Å². The first-order chi connectivity index (χ1) is 7.50. The standard InChI is InChI=1S/C10H10FNO4/c1-7(13)4-5-16-10-3-2-8(12(14)15)6-9(10)11/h2-3,6H,4-5H2,1H3. The van der Waals surface area contributed by atoms with Gasteiger partial charge in [-0.15, -0.1) is 0 Å². The van der Waals surface area contributed by atoms with Crippen LogP contribution in [0.2, 0.25) is 0 Å². The van der Waals surface area contributed by atoms with E-state index in [2.05, 4.69) is 0 Å². The van der Waals surface area contributed by atoms with Crippen molar-refractivity contribution in [3.8, 4) is 5.75 Å². The molecule has 16 heavy (non-hydrogen) atoms. The molecule has 1 aromatic carbocycles. The molecule has 0 heterocycles. The van der Waals surface area contributed by atoms with E-state index < -0.39 is 10.7 Å². The molecule has 86 valence electrons. The van der Waals surface area contributed by atoms with Crippen LogP contribution in [-0.4, -0.2) is 17.3 Å². The first-order valence-corrected chi connectivity index (χ1v) is 4.57. The van der Waals surface area contributed by atoms with Crippen molar-refractivity contribution in [2.24, 2.45) is 0 Å². The van der Waals surface area contributed by atoms with Crippen LogP contribution in [0.5, 0.6) is 5.75 Å². The van der Waals surface area contributed by atoms with E-state index in [0.717, 1.165) is 12.1 Å². The summed E-state index contributed by atoms with van der Waals surface area (Å²) >= 11 is 0. The van der Waals surface area contributed by atoms with Crippen molar-refractivity contribution >= 4 is 11.5 Å². The maximum absolute atomic E-state index is 13.2. The minimum Gasteiger partial charge on any atom is -0.490 e. The van der Waals surface area contributed by atoms with Gasteiger partial charge in [0.05, 0.1) is 17.6 Å². The maximum Gasteiger partial charge on any atom is 0.272 e. The molecule has 6 heteroatoms. The van der Waals surface area contributed by atoms with Gasteiger partial charge in [0.1, 0.15) is 5.78 Å². The van der Waals surface area contributed by atoms with Crippen molar-refractivity contribution in [3.05, 3.63) is 34.1 Å². The van der Waals surface area contributed by atoms with Gasteiger partial charge in [0.2, 0.25) is 0 Å². The predicted molar refractivity (Wildman–Crippen MR) is 53.8 cm³/mol. The Labute approximate surface area is 91.0 Å². The first-order valence-electron chi connectivity index (χ1n) is 4.57. The Kier molecular flexibility index (Phi) is 3.93. The number of nitrogens with zero attached hydrogens (tertiary/aromatic N) is 1. The summed E-state index contributed by atoms with van der Waals surface area (Å²) in [6.45, 7) is 1.46. The monoisotopic (exact) mass is 227 g/mol. The Balaban J connectivity index is 2.68. The number of hydrogen-bond acceptors (Lipinski definition) is 4. The quantitative estimate of drug-likeness (QED) is 0.570. The van der Waals surface area contributed by atoms with Gasteiger partial charge < -0.3 is 4.74 Å². The third-order valence-corrected chi connectivity index (χ3v) is 1.84. The van der Waals surface area contributed by atoms with Gasteiger partial charge in [0.15, 0.2) is 11.6 Å². The minimum atomic E-state index is -0.808. The van der Waals surface area contributed by atoms with Crippen molar-refractivity contribution < 1.29 is 18.8 Å². The number of carbonyl (C=O) groups excluding carboxylic acids is 1. The number of nitro benzene ring substituents is 1. The molecule has 0 aliphatic heterocycles. The molecule has 0 fully saturated rings. The summed E-state index contributed by atoms with van der Waals surface area (Å²) in [5, 5.41) is 10.3. The van der Waals surface area contributed by atoms with E-state index in [9.17, 15) is 19.3 Å². The Morgan fingerprint density at radius 1 is 1.56 bits per heavy atom. The Morgan fingerprint density at radius 2 is 2.25 bits per heavy atom. The molecule has 0 aromatic heterocycles. The van der Waals surface area contributed by atoms with Crippen molar-refractivity contribution in [2.75, 3.05) is 6.61 Å². The van der Waals surface area contributed by atoms with Crippen LogP contribution in [0.25, 0.3) is 0 Å². The molecule has 0 unspecified atom stereocenters. The van der Waals surface area contributed by atoms with Gasteiger partial charge in [-0.2, -0.15) is 0 Å². The summed E-state index contributed by atoms with van der Waals surface area (Å²) in [7, 11) is 0. The van der Waals surface area contributed by atoms with Crippen LogP contribution in [-0.2, 0) is 4.79 Å². The number of hydrogen-bond donors (Lipinski definition) is 0. The van der Waals surface area contributed by atoms with Crippen LogP contribution < -0.4 is 4.74 Å². The number of rotatable bonds is 5. The van der Waals surface area contributed by atoms with Crippen LogP contribution in [0, 0.1) is 15.9 Å². The van der Waals surface area contributed by atoms with Crippen LogP contribution in [0.15, 0.2) is 18.2 Å². The van der Waals surface area contributed by atoms with E-state index in [1.807, 2.05) is 0 Å². The second kappa shape index (κ2) is 5.20. The first kappa shape index (κ1) is 12.1. The van der Waals surface area contributed by atoms with Crippen LogP contribution in [0.3, 0.4) is 0 Å². The molecular formula is C10H10FNO4. The highest BCUT2D eigenvalue weighted by atomic mass is 19.1. The number of halogens is 1. The molecule has 0 bridgehead atoms. The summed E-state index contributed by atoms with van der Waals surface area (Å²) < 4.78 is 18.2. The fourth-order valence-electron chi connectivity index (χ4n) is 1.03. The lowest BCUT2D eigenvalue weighted by Gasteiger charge is -2.05. The molecule has 5 nitrogen and oxygen atoms in total. The average molecular weight is 227 g/mol. The molecule has 0 N–H and O–H groups in total. The molecule has 0 saturated heterocycles. The molecule has 0 saturated carbocycles. The molecule has 0 aliphatic carbocycles. The number of carbonyl (C=O) groups is 1. The second-order valence-electron chi connectivity index (χ2n) is 3.17.